The van der Waals surface area contributed by atoms with Crippen LogP contribution >= 0.6 is 34.0 Å². The number of benzene rings is 2. The van der Waals surface area contributed by atoms with Crippen molar-refractivity contribution in [3.05, 3.63) is 59.5 Å². The molecular formula is C28H30S3. The largest absolute Gasteiger partial charge is 0.144 e. The lowest BCUT2D eigenvalue weighted by Crippen LogP contribution is -1.86. The highest BCUT2D eigenvalue weighted by Crippen LogP contribution is 2.45. The van der Waals surface area contributed by atoms with Crippen LogP contribution in [-0.4, -0.2) is 0 Å². The van der Waals surface area contributed by atoms with E-state index in [1.54, 1.807) is 0 Å². The summed E-state index contributed by atoms with van der Waals surface area (Å²) in [6, 6.07) is 18.6. The molecule has 0 nitrogen and oxygen atoms in total. The molecule has 0 saturated carbocycles. The van der Waals surface area contributed by atoms with Gasteiger partial charge in [0, 0.05) is 25.0 Å². The van der Waals surface area contributed by atoms with E-state index < -0.39 is 0 Å². The Kier molecular flexibility index (Phi) is 6.73. The number of hydrogen-bond donors (Lipinski definition) is 0. The molecule has 0 aliphatic heterocycles. The van der Waals surface area contributed by atoms with Gasteiger partial charge in [0.1, 0.15) is 0 Å². The molecule has 0 N–H and O–H groups in total. The van der Waals surface area contributed by atoms with Gasteiger partial charge in [0.25, 0.3) is 0 Å². The minimum atomic E-state index is 1.22. The normalized spacial score (nSPS) is 11.9. The van der Waals surface area contributed by atoms with E-state index in [1.807, 2.05) is 34.0 Å². The van der Waals surface area contributed by atoms with Crippen LogP contribution in [0.25, 0.3) is 40.0 Å². The number of hydrogen-bond acceptors (Lipinski definition) is 3. The average molecular weight is 463 g/mol. The van der Waals surface area contributed by atoms with Crippen LogP contribution in [0.3, 0.4) is 0 Å². The number of unbranched alkanes of at least 4 members (excludes halogenated alkanes) is 7. The van der Waals surface area contributed by atoms with Crippen molar-refractivity contribution in [2.24, 2.45) is 0 Å². The Morgan fingerprint density at radius 2 is 1.35 bits per heavy atom. The zero-order chi connectivity index (χ0) is 21.0. The SMILES string of the molecule is CCCCCCCCCCc1ccc2c(c1)sc1c3ccc(-c4cccs4)cc3sc21. The van der Waals surface area contributed by atoms with E-state index in [4.69, 9.17) is 0 Å². The number of aryl methyl sites for hydroxylation is 1. The van der Waals surface area contributed by atoms with Crippen LogP contribution in [0.5, 0.6) is 0 Å². The lowest BCUT2D eigenvalue weighted by atomic mass is 10.0. The Bertz CT molecular complexity index is 1270. The lowest BCUT2D eigenvalue weighted by Gasteiger charge is -2.03. The van der Waals surface area contributed by atoms with E-state index in [-0.39, 0.29) is 0 Å². The van der Waals surface area contributed by atoms with Crippen molar-refractivity contribution in [1.82, 2.24) is 0 Å². The van der Waals surface area contributed by atoms with E-state index in [0.717, 1.165) is 0 Å². The van der Waals surface area contributed by atoms with Crippen LogP contribution in [-0.2, 0) is 6.42 Å². The first-order valence-electron chi connectivity index (χ1n) is 11.7. The van der Waals surface area contributed by atoms with Crippen molar-refractivity contribution in [1.29, 1.82) is 0 Å². The summed E-state index contributed by atoms with van der Waals surface area (Å²) in [5.41, 5.74) is 2.85. The molecule has 0 aliphatic carbocycles. The second kappa shape index (κ2) is 9.85. The summed E-state index contributed by atoms with van der Waals surface area (Å²) in [6.07, 6.45) is 12.3. The molecule has 0 spiro atoms. The summed E-state index contributed by atoms with van der Waals surface area (Å²) in [7, 11) is 0. The summed E-state index contributed by atoms with van der Waals surface area (Å²) >= 11 is 5.76. The van der Waals surface area contributed by atoms with Gasteiger partial charge in [-0.25, -0.2) is 0 Å². The fourth-order valence-electron chi connectivity index (χ4n) is 4.51. The van der Waals surface area contributed by atoms with Crippen molar-refractivity contribution in [3.63, 3.8) is 0 Å². The second-order valence-corrected chi connectivity index (χ2v) is 11.7. The molecule has 0 saturated heterocycles. The van der Waals surface area contributed by atoms with E-state index in [0.29, 0.717) is 0 Å². The van der Waals surface area contributed by atoms with Gasteiger partial charge in [-0.1, -0.05) is 82.2 Å². The molecule has 5 rings (SSSR count). The Hall–Kier alpha value is -1.68. The summed E-state index contributed by atoms with van der Waals surface area (Å²) < 4.78 is 5.81. The molecule has 3 aromatic heterocycles. The van der Waals surface area contributed by atoms with Crippen LogP contribution in [0.15, 0.2) is 53.9 Å². The molecule has 0 amide bonds. The highest BCUT2D eigenvalue weighted by atomic mass is 32.1. The van der Waals surface area contributed by atoms with Crippen LogP contribution < -0.4 is 0 Å². The van der Waals surface area contributed by atoms with Crippen molar-refractivity contribution in [2.45, 2.75) is 64.7 Å². The third-order valence-corrected chi connectivity index (χ3v) is 9.69. The number of thiophene rings is 3. The van der Waals surface area contributed by atoms with Gasteiger partial charge < -0.3 is 0 Å². The van der Waals surface area contributed by atoms with Gasteiger partial charge in [-0.3, -0.25) is 0 Å². The predicted molar refractivity (Wildman–Crippen MR) is 144 cm³/mol. The summed E-state index contributed by atoms with van der Waals surface area (Å²) in [6.45, 7) is 2.29. The zero-order valence-corrected chi connectivity index (χ0v) is 20.7. The highest BCUT2D eigenvalue weighted by molar-refractivity contribution is 7.36. The van der Waals surface area contributed by atoms with Crippen LogP contribution in [0.2, 0.25) is 0 Å². The fourth-order valence-corrected chi connectivity index (χ4v) is 8.00. The van der Waals surface area contributed by atoms with E-state index in [2.05, 4.69) is 60.8 Å². The average Bonchev–Trinajstić information content (AvgIpc) is 3.51. The van der Waals surface area contributed by atoms with Crippen molar-refractivity contribution >= 4 is 63.6 Å². The second-order valence-electron chi connectivity index (χ2n) is 8.61. The van der Waals surface area contributed by atoms with Gasteiger partial charge in [0.2, 0.25) is 0 Å². The van der Waals surface area contributed by atoms with Gasteiger partial charge in [-0.2, -0.15) is 0 Å². The minimum absolute atomic E-state index is 1.22. The number of fused-ring (bicyclic) bond motifs is 5. The highest BCUT2D eigenvalue weighted by Gasteiger charge is 2.13. The van der Waals surface area contributed by atoms with Crippen LogP contribution in [0.1, 0.15) is 63.9 Å². The molecule has 5 aromatic rings. The Balaban J connectivity index is 1.29. The third kappa shape index (κ3) is 4.60. The lowest BCUT2D eigenvalue weighted by molar-refractivity contribution is 0.575. The maximum Gasteiger partial charge on any atom is 0.0542 e. The topological polar surface area (TPSA) is 0 Å². The van der Waals surface area contributed by atoms with E-state index >= 15 is 0 Å². The fraction of sp³-hybridized carbons (Fsp3) is 0.357. The first-order chi connectivity index (χ1) is 15.3. The van der Waals surface area contributed by atoms with Gasteiger partial charge in [-0.15, -0.1) is 34.0 Å². The first kappa shape index (κ1) is 21.2. The minimum Gasteiger partial charge on any atom is -0.144 e. The monoisotopic (exact) mass is 462 g/mol. The molecular weight excluding hydrogens is 433 g/mol. The maximum atomic E-state index is 2.46. The molecule has 0 atom stereocenters. The van der Waals surface area contributed by atoms with Crippen molar-refractivity contribution in [3.8, 4) is 10.4 Å². The summed E-state index contributed by atoms with van der Waals surface area (Å²) in [4.78, 5) is 1.36. The Labute approximate surface area is 197 Å². The van der Waals surface area contributed by atoms with Crippen molar-refractivity contribution < 1.29 is 0 Å². The molecule has 3 heteroatoms. The molecule has 31 heavy (non-hydrogen) atoms. The van der Waals surface area contributed by atoms with E-state index in [1.165, 1.54) is 103 Å². The number of rotatable bonds is 10. The van der Waals surface area contributed by atoms with Gasteiger partial charge in [0.15, 0.2) is 0 Å². The van der Waals surface area contributed by atoms with E-state index in [9.17, 15) is 0 Å². The van der Waals surface area contributed by atoms with Crippen LogP contribution in [0, 0.1) is 0 Å². The molecule has 0 bridgehead atoms. The van der Waals surface area contributed by atoms with Gasteiger partial charge in [-0.05, 0) is 47.5 Å². The van der Waals surface area contributed by atoms with Gasteiger partial charge in [0.05, 0.1) is 9.40 Å². The predicted octanol–water partition coefficient (Wildman–Crippen LogP) is 10.7. The molecule has 0 aliphatic rings. The standard InChI is InChI=1S/C28H30S3/c1-2-3-4-5-6-7-8-9-11-20-13-15-22-25(18-20)30-28-23-16-14-21(24-12-10-17-29-24)19-26(23)31-27(22)28/h10,12-19H,2-9,11H2,1H3. The maximum absolute atomic E-state index is 2.46. The molecule has 0 unspecified atom stereocenters. The Morgan fingerprint density at radius 3 is 2.06 bits per heavy atom. The summed E-state index contributed by atoms with van der Waals surface area (Å²) in [5, 5.41) is 5.02. The van der Waals surface area contributed by atoms with Gasteiger partial charge >= 0.3 is 0 Å². The first-order valence-corrected chi connectivity index (χ1v) is 14.3. The third-order valence-electron chi connectivity index (χ3n) is 6.27. The molecule has 0 radical (unpaired) electrons. The summed E-state index contributed by atoms with van der Waals surface area (Å²) in [5.74, 6) is 0. The molecule has 3 heterocycles. The zero-order valence-electron chi connectivity index (χ0n) is 18.3. The smallest absolute Gasteiger partial charge is 0.0542 e. The van der Waals surface area contributed by atoms with Crippen molar-refractivity contribution in [2.75, 3.05) is 0 Å². The molecule has 0 fully saturated rings. The Morgan fingerprint density at radius 1 is 0.677 bits per heavy atom. The quantitative estimate of drug-likeness (QED) is 0.181. The molecule has 2 aromatic carbocycles. The van der Waals surface area contributed by atoms with Crippen LogP contribution in [0.4, 0.5) is 0 Å². The molecule has 160 valence electrons.